The SMILES string of the molecule is COC(C)C(O)c1ncc(C=O)s1. The molecule has 2 atom stereocenters. The molecule has 0 aliphatic heterocycles. The molecule has 0 saturated carbocycles. The van der Waals surface area contributed by atoms with Crippen molar-refractivity contribution in [2.45, 2.75) is 19.1 Å². The number of hydrogen-bond donors (Lipinski definition) is 1. The molecule has 0 saturated heterocycles. The second-order valence-corrected chi connectivity index (χ2v) is 3.70. The number of methoxy groups -OCH3 is 1. The Morgan fingerprint density at radius 3 is 2.92 bits per heavy atom. The Labute approximate surface area is 80.2 Å². The smallest absolute Gasteiger partial charge is 0.161 e. The van der Waals surface area contributed by atoms with Crippen molar-refractivity contribution in [1.29, 1.82) is 0 Å². The minimum Gasteiger partial charge on any atom is -0.383 e. The van der Waals surface area contributed by atoms with Crippen LogP contribution in [0.3, 0.4) is 0 Å². The molecule has 0 aromatic carbocycles. The molecule has 0 spiro atoms. The van der Waals surface area contributed by atoms with Crippen LogP contribution in [-0.4, -0.2) is 29.6 Å². The molecule has 0 radical (unpaired) electrons. The van der Waals surface area contributed by atoms with Gasteiger partial charge >= 0.3 is 0 Å². The summed E-state index contributed by atoms with van der Waals surface area (Å²) in [4.78, 5) is 14.8. The predicted molar refractivity (Wildman–Crippen MR) is 48.9 cm³/mol. The maximum Gasteiger partial charge on any atom is 0.161 e. The minimum absolute atomic E-state index is 0.314. The topological polar surface area (TPSA) is 59.4 Å². The lowest BCUT2D eigenvalue weighted by atomic mass is 10.2. The lowest BCUT2D eigenvalue weighted by Crippen LogP contribution is -2.16. The highest BCUT2D eigenvalue weighted by Crippen LogP contribution is 2.22. The highest BCUT2D eigenvalue weighted by molar-refractivity contribution is 7.13. The van der Waals surface area contributed by atoms with Gasteiger partial charge in [-0.1, -0.05) is 0 Å². The lowest BCUT2D eigenvalue weighted by Gasteiger charge is -2.14. The Morgan fingerprint density at radius 2 is 2.46 bits per heavy atom. The molecule has 1 aromatic heterocycles. The molecule has 1 N–H and O–H groups in total. The number of ether oxygens (including phenoxy) is 1. The van der Waals surface area contributed by atoms with Crippen molar-refractivity contribution in [3.05, 3.63) is 16.1 Å². The summed E-state index contributed by atoms with van der Waals surface area (Å²) < 4.78 is 4.94. The molecule has 1 aromatic rings. The highest BCUT2D eigenvalue weighted by atomic mass is 32.1. The van der Waals surface area contributed by atoms with Gasteiger partial charge in [0.05, 0.1) is 11.0 Å². The van der Waals surface area contributed by atoms with Gasteiger partial charge in [-0.3, -0.25) is 4.79 Å². The third-order valence-corrected chi connectivity index (χ3v) is 2.72. The number of aromatic nitrogens is 1. The Hall–Kier alpha value is -0.780. The van der Waals surface area contributed by atoms with E-state index >= 15 is 0 Å². The summed E-state index contributed by atoms with van der Waals surface area (Å²) in [6, 6.07) is 0. The monoisotopic (exact) mass is 201 g/mol. The molecule has 4 nitrogen and oxygen atoms in total. The molecule has 0 bridgehead atoms. The zero-order valence-electron chi connectivity index (χ0n) is 7.43. The fraction of sp³-hybridized carbons (Fsp3) is 0.500. The van der Waals surface area contributed by atoms with Crippen molar-refractivity contribution >= 4 is 17.6 Å². The second-order valence-electron chi connectivity index (χ2n) is 2.60. The second kappa shape index (κ2) is 4.45. The van der Waals surface area contributed by atoms with Gasteiger partial charge in [0.2, 0.25) is 0 Å². The van der Waals surface area contributed by atoms with Crippen molar-refractivity contribution in [3.8, 4) is 0 Å². The number of aliphatic hydroxyl groups is 1. The molecule has 1 rings (SSSR count). The summed E-state index contributed by atoms with van der Waals surface area (Å²) >= 11 is 1.18. The number of aldehydes is 1. The maximum atomic E-state index is 10.3. The van der Waals surface area contributed by atoms with E-state index in [2.05, 4.69) is 4.98 Å². The fourth-order valence-electron chi connectivity index (χ4n) is 0.822. The molecule has 1 heterocycles. The van der Waals surface area contributed by atoms with Crippen LogP contribution < -0.4 is 0 Å². The van der Waals surface area contributed by atoms with Gasteiger partial charge in [-0.2, -0.15) is 0 Å². The summed E-state index contributed by atoms with van der Waals surface area (Å²) in [5.41, 5.74) is 0. The Balaban J connectivity index is 2.76. The average Bonchev–Trinajstić information content (AvgIpc) is 2.63. The van der Waals surface area contributed by atoms with Gasteiger partial charge in [0, 0.05) is 13.3 Å². The first-order chi connectivity index (χ1) is 6.19. The molecule has 2 unspecified atom stereocenters. The van der Waals surface area contributed by atoms with E-state index in [1.54, 1.807) is 6.92 Å². The number of thiazole rings is 1. The third-order valence-electron chi connectivity index (χ3n) is 1.73. The minimum atomic E-state index is -0.760. The highest BCUT2D eigenvalue weighted by Gasteiger charge is 2.18. The fourth-order valence-corrected chi connectivity index (χ4v) is 1.63. The van der Waals surface area contributed by atoms with Crippen molar-refractivity contribution in [2.75, 3.05) is 7.11 Å². The van der Waals surface area contributed by atoms with E-state index in [0.29, 0.717) is 16.2 Å². The number of aliphatic hydroxyl groups excluding tert-OH is 1. The molecule has 5 heteroatoms. The zero-order chi connectivity index (χ0) is 9.84. The van der Waals surface area contributed by atoms with Crippen LogP contribution in [0.15, 0.2) is 6.20 Å². The van der Waals surface area contributed by atoms with Gasteiger partial charge in [-0.25, -0.2) is 4.98 Å². The summed E-state index contributed by atoms with van der Waals surface area (Å²) in [5.74, 6) is 0. The van der Waals surface area contributed by atoms with E-state index in [0.717, 1.165) is 0 Å². The van der Waals surface area contributed by atoms with Crippen LogP contribution in [0.5, 0.6) is 0 Å². The van der Waals surface area contributed by atoms with Crippen LogP contribution in [0.25, 0.3) is 0 Å². The Kier molecular flexibility index (Phi) is 3.53. The van der Waals surface area contributed by atoms with Gasteiger partial charge in [0.15, 0.2) is 6.29 Å². The van der Waals surface area contributed by atoms with E-state index in [1.165, 1.54) is 24.6 Å². The molecule has 0 aliphatic carbocycles. The summed E-state index contributed by atoms with van der Waals surface area (Å²) in [6.07, 6.45) is 1.08. The van der Waals surface area contributed by atoms with Crippen molar-refractivity contribution in [3.63, 3.8) is 0 Å². The maximum absolute atomic E-state index is 10.3. The largest absolute Gasteiger partial charge is 0.383 e. The summed E-state index contributed by atoms with van der Waals surface area (Å²) in [6.45, 7) is 1.74. The molecule has 13 heavy (non-hydrogen) atoms. The van der Waals surface area contributed by atoms with Gasteiger partial charge in [-0.15, -0.1) is 11.3 Å². The molecule has 72 valence electrons. The van der Waals surface area contributed by atoms with Crippen molar-refractivity contribution in [1.82, 2.24) is 4.98 Å². The quantitative estimate of drug-likeness (QED) is 0.739. The first-order valence-corrected chi connectivity index (χ1v) is 4.62. The zero-order valence-corrected chi connectivity index (χ0v) is 8.25. The third kappa shape index (κ3) is 2.33. The molecule has 0 aliphatic rings. The number of carbonyl (C=O) groups is 1. The molecular formula is C8H11NO3S. The van der Waals surface area contributed by atoms with Crippen molar-refractivity contribution < 1.29 is 14.6 Å². The van der Waals surface area contributed by atoms with E-state index in [1.807, 2.05) is 0 Å². The Bertz CT molecular complexity index is 287. The summed E-state index contributed by atoms with van der Waals surface area (Å²) in [5, 5.41) is 10.1. The van der Waals surface area contributed by atoms with Crippen LogP contribution in [0, 0.1) is 0 Å². The van der Waals surface area contributed by atoms with E-state index < -0.39 is 6.10 Å². The van der Waals surface area contributed by atoms with Crippen LogP contribution in [-0.2, 0) is 4.74 Å². The number of nitrogens with zero attached hydrogens (tertiary/aromatic N) is 1. The number of carbonyl (C=O) groups excluding carboxylic acids is 1. The molecule has 0 fully saturated rings. The standard InChI is InChI=1S/C8H11NO3S/c1-5(12-2)7(11)8-9-3-6(4-10)13-8/h3-5,7,11H,1-2H3. The first-order valence-electron chi connectivity index (χ1n) is 3.80. The van der Waals surface area contributed by atoms with Gasteiger partial charge in [-0.05, 0) is 6.92 Å². The van der Waals surface area contributed by atoms with Gasteiger partial charge in [0.25, 0.3) is 0 Å². The van der Waals surface area contributed by atoms with Crippen LogP contribution in [0.1, 0.15) is 27.7 Å². The molecule has 0 amide bonds. The number of rotatable bonds is 4. The molecular weight excluding hydrogens is 190 g/mol. The lowest BCUT2D eigenvalue weighted by molar-refractivity contribution is -0.00152. The normalized spacial score (nSPS) is 15.3. The van der Waals surface area contributed by atoms with Gasteiger partial charge in [0.1, 0.15) is 11.1 Å². The van der Waals surface area contributed by atoms with E-state index in [9.17, 15) is 9.90 Å². The van der Waals surface area contributed by atoms with Crippen LogP contribution in [0.4, 0.5) is 0 Å². The van der Waals surface area contributed by atoms with Gasteiger partial charge < -0.3 is 9.84 Å². The van der Waals surface area contributed by atoms with Crippen molar-refractivity contribution in [2.24, 2.45) is 0 Å². The van der Waals surface area contributed by atoms with Crippen LogP contribution >= 0.6 is 11.3 Å². The average molecular weight is 201 g/mol. The van der Waals surface area contributed by atoms with Crippen LogP contribution in [0.2, 0.25) is 0 Å². The Morgan fingerprint density at radius 1 is 1.77 bits per heavy atom. The predicted octanol–water partition coefficient (Wildman–Crippen LogP) is 1.02. The van der Waals surface area contributed by atoms with E-state index in [-0.39, 0.29) is 6.10 Å². The first kappa shape index (κ1) is 10.3. The van der Waals surface area contributed by atoms with E-state index in [4.69, 9.17) is 4.74 Å². The summed E-state index contributed by atoms with van der Waals surface area (Å²) in [7, 11) is 1.52. The number of hydrogen-bond acceptors (Lipinski definition) is 5.